The molecule has 1 N–H and O–H groups in total. The molecule has 2 unspecified atom stereocenters. The standard InChI is InChI=1S/C23H23Cl2NO3/c1-2-29-23(28)20(9-13-7-16(24)12-17(25)8-13)26-22(27)21-15-10-14(11-15)18-5-3-4-6-19(18)21/h3-8,12,14-15,20-21H,2,9-11H2,1H3,(H,26,27). The maximum absolute atomic E-state index is 13.3. The summed E-state index contributed by atoms with van der Waals surface area (Å²) in [6, 6.07) is 12.5. The van der Waals surface area contributed by atoms with Crippen LogP contribution in [0.2, 0.25) is 10.0 Å². The molecule has 0 spiro atoms. The number of rotatable bonds is 6. The van der Waals surface area contributed by atoms with E-state index in [9.17, 15) is 9.59 Å². The minimum Gasteiger partial charge on any atom is -0.464 e. The van der Waals surface area contributed by atoms with Crippen LogP contribution in [0.15, 0.2) is 42.5 Å². The van der Waals surface area contributed by atoms with Crippen molar-refractivity contribution in [3.05, 3.63) is 69.2 Å². The van der Waals surface area contributed by atoms with Gasteiger partial charge in [-0.25, -0.2) is 4.79 Å². The van der Waals surface area contributed by atoms with E-state index in [0.717, 1.165) is 24.0 Å². The molecule has 1 saturated carbocycles. The van der Waals surface area contributed by atoms with Crippen LogP contribution < -0.4 is 5.32 Å². The van der Waals surface area contributed by atoms with Gasteiger partial charge in [-0.3, -0.25) is 4.79 Å². The van der Waals surface area contributed by atoms with E-state index < -0.39 is 12.0 Å². The van der Waals surface area contributed by atoms with E-state index in [4.69, 9.17) is 27.9 Å². The average Bonchev–Trinajstić information content (AvgIpc) is 2.65. The summed E-state index contributed by atoms with van der Waals surface area (Å²) in [7, 11) is 0. The minimum absolute atomic E-state index is 0.119. The molecule has 2 bridgehead atoms. The quantitative estimate of drug-likeness (QED) is 0.663. The highest BCUT2D eigenvalue weighted by Crippen LogP contribution is 2.55. The molecular weight excluding hydrogens is 409 g/mol. The fourth-order valence-electron chi connectivity index (χ4n) is 4.63. The first-order chi connectivity index (χ1) is 14.0. The molecule has 6 heteroatoms. The number of amides is 1. The van der Waals surface area contributed by atoms with Crippen LogP contribution in [0.3, 0.4) is 0 Å². The molecule has 3 aliphatic rings. The van der Waals surface area contributed by atoms with Gasteiger partial charge in [0.25, 0.3) is 0 Å². The Hall–Kier alpha value is -2.04. The van der Waals surface area contributed by atoms with Gasteiger partial charge in [-0.1, -0.05) is 47.5 Å². The lowest BCUT2D eigenvalue weighted by atomic mass is 9.57. The fraction of sp³-hybridized carbons (Fsp3) is 0.391. The molecule has 1 fully saturated rings. The Labute approximate surface area is 180 Å². The van der Waals surface area contributed by atoms with E-state index in [-0.39, 0.29) is 24.9 Å². The number of halogens is 2. The summed E-state index contributed by atoms with van der Waals surface area (Å²) in [6.07, 6.45) is 2.33. The van der Waals surface area contributed by atoms with Gasteiger partial charge in [0.05, 0.1) is 12.5 Å². The summed E-state index contributed by atoms with van der Waals surface area (Å²) in [6.45, 7) is 2.00. The van der Waals surface area contributed by atoms with Crippen molar-refractivity contribution in [3.8, 4) is 0 Å². The SMILES string of the molecule is CCOC(=O)C(Cc1cc(Cl)cc(Cl)c1)NC(=O)C1c2ccccc2C2CC1C2. The van der Waals surface area contributed by atoms with E-state index in [1.807, 2.05) is 18.2 Å². The molecule has 0 aromatic heterocycles. The molecule has 2 aromatic rings. The lowest BCUT2D eigenvalue weighted by Crippen LogP contribution is -2.49. The van der Waals surface area contributed by atoms with Crippen LogP contribution in [-0.4, -0.2) is 24.5 Å². The predicted octanol–water partition coefficient (Wildman–Crippen LogP) is 4.87. The van der Waals surface area contributed by atoms with Gasteiger partial charge in [-0.15, -0.1) is 0 Å². The Balaban J connectivity index is 1.56. The highest BCUT2D eigenvalue weighted by atomic mass is 35.5. The molecule has 0 aliphatic heterocycles. The smallest absolute Gasteiger partial charge is 0.328 e. The van der Waals surface area contributed by atoms with E-state index in [1.54, 1.807) is 25.1 Å². The minimum atomic E-state index is -0.790. The van der Waals surface area contributed by atoms with Gasteiger partial charge >= 0.3 is 5.97 Å². The molecule has 2 atom stereocenters. The van der Waals surface area contributed by atoms with Crippen molar-refractivity contribution >= 4 is 35.1 Å². The van der Waals surface area contributed by atoms with E-state index in [1.165, 1.54) is 5.56 Å². The van der Waals surface area contributed by atoms with Gasteiger partial charge in [0.1, 0.15) is 6.04 Å². The van der Waals surface area contributed by atoms with Crippen molar-refractivity contribution in [3.63, 3.8) is 0 Å². The molecule has 152 valence electrons. The Kier molecular flexibility index (Phi) is 5.84. The van der Waals surface area contributed by atoms with Crippen molar-refractivity contribution in [2.45, 2.75) is 44.1 Å². The lowest BCUT2D eigenvalue weighted by molar-refractivity contribution is -0.147. The highest BCUT2D eigenvalue weighted by molar-refractivity contribution is 6.34. The van der Waals surface area contributed by atoms with Gasteiger partial charge in [-0.2, -0.15) is 0 Å². The molecule has 5 rings (SSSR count). The number of carbonyl (C=O) groups excluding carboxylic acids is 2. The van der Waals surface area contributed by atoms with Crippen molar-refractivity contribution in [2.24, 2.45) is 5.92 Å². The molecule has 1 amide bonds. The molecule has 29 heavy (non-hydrogen) atoms. The van der Waals surface area contributed by atoms with Crippen LogP contribution in [0.25, 0.3) is 0 Å². The van der Waals surface area contributed by atoms with E-state index in [2.05, 4.69) is 11.4 Å². The molecule has 0 saturated heterocycles. The zero-order valence-corrected chi connectivity index (χ0v) is 17.7. The molecule has 0 heterocycles. The third-order valence-corrected chi connectivity index (χ3v) is 6.39. The Bertz CT molecular complexity index is 919. The first kappa shape index (κ1) is 20.2. The monoisotopic (exact) mass is 431 g/mol. The maximum Gasteiger partial charge on any atom is 0.328 e. The number of ether oxygens (including phenoxy) is 1. The van der Waals surface area contributed by atoms with Crippen LogP contribution >= 0.6 is 23.2 Å². The second-order valence-electron chi connectivity index (χ2n) is 7.83. The molecule has 0 radical (unpaired) electrons. The van der Waals surface area contributed by atoms with Crippen LogP contribution in [-0.2, 0) is 20.7 Å². The van der Waals surface area contributed by atoms with Gasteiger partial charge in [0, 0.05) is 16.5 Å². The van der Waals surface area contributed by atoms with Gasteiger partial charge in [0.15, 0.2) is 0 Å². The Morgan fingerprint density at radius 1 is 1.10 bits per heavy atom. The third kappa shape index (κ3) is 4.15. The van der Waals surface area contributed by atoms with Gasteiger partial charge in [-0.05, 0) is 66.5 Å². The number of hydrogen-bond donors (Lipinski definition) is 1. The van der Waals surface area contributed by atoms with Crippen LogP contribution in [0.5, 0.6) is 0 Å². The normalized spacial score (nSPS) is 22.8. The molecular formula is C23H23Cl2NO3. The summed E-state index contributed by atoms with van der Waals surface area (Å²) in [5.41, 5.74) is 3.13. The van der Waals surface area contributed by atoms with E-state index in [0.29, 0.717) is 21.9 Å². The number of esters is 1. The molecule has 2 aromatic carbocycles. The van der Waals surface area contributed by atoms with Crippen molar-refractivity contribution in [2.75, 3.05) is 6.61 Å². The first-order valence-electron chi connectivity index (χ1n) is 9.97. The van der Waals surface area contributed by atoms with Crippen LogP contribution in [0, 0.1) is 5.92 Å². The Morgan fingerprint density at radius 2 is 1.76 bits per heavy atom. The predicted molar refractivity (Wildman–Crippen MR) is 113 cm³/mol. The molecule has 4 nitrogen and oxygen atoms in total. The number of carbonyl (C=O) groups is 2. The largest absolute Gasteiger partial charge is 0.464 e. The second-order valence-corrected chi connectivity index (χ2v) is 8.70. The fourth-order valence-corrected chi connectivity index (χ4v) is 5.20. The van der Waals surface area contributed by atoms with Gasteiger partial charge in [0.2, 0.25) is 5.91 Å². The zero-order chi connectivity index (χ0) is 20.5. The third-order valence-electron chi connectivity index (χ3n) is 5.95. The van der Waals surface area contributed by atoms with Crippen LogP contribution in [0.1, 0.15) is 48.3 Å². The summed E-state index contributed by atoms with van der Waals surface area (Å²) >= 11 is 12.2. The first-order valence-corrected chi connectivity index (χ1v) is 10.7. The highest BCUT2D eigenvalue weighted by Gasteiger charge is 2.47. The number of hydrogen-bond acceptors (Lipinski definition) is 3. The average molecular weight is 432 g/mol. The summed E-state index contributed by atoms with van der Waals surface area (Å²) in [5, 5.41) is 3.93. The van der Waals surface area contributed by atoms with Crippen molar-refractivity contribution in [1.82, 2.24) is 5.32 Å². The summed E-state index contributed by atoms with van der Waals surface area (Å²) in [4.78, 5) is 25.8. The lowest BCUT2D eigenvalue weighted by Gasteiger charge is -2.47. The topological polar surface area (TPSA) is 55.4 Å². The van der Waals surface area contributed by atoms with E-state index >= 15 is 0 Å². The Morgan fingerprint density at radius 3 is 2.41 bits per heavy atom. The van der Waals surface area contributed by atoms with Gasteiger partial charge < -0.3 is 10.1 Å². The number of nitrogens with one attached hydrogen (secondary N) is 1. The number of benzene rings is 2. The summed E-state index contributed by atoms with van der Waals surface area (Å²) in [5.74, 6) is 0.100. The van der Waals surface area contributed by atoms with Crippen LogP contribution in [0.4, 0.5) is 0 Å². The maximum atomic E-state index is 13.3. The zero-order valence-electron chi connectivity index (χ0n) is 16.2. The summed E-state index contributed by atoms with van der Waals surface area (Å²) < 4.78 is 5.21. The molecule has 3 aliphatic carbocycles. The van der Waals surface area contributed by atoms with Crippen molar-refractivity contribution < 1.29 is 14.3 Å². The van der Waals surface area contributed by atoms with Crippen molar-refractivity contribution in [1.29, 1.82) is 0 Å². The second kappa shape index (κ2) is 8.37.